The zero-order valence-electron chi connectivity index (χ0n) is 27.6. The molecule has 254 valence electrons. The lowest BCUT2D eigenvalue weighted by Crippen LogP contribution is -2.45. The number of carboxylic acid groups (broad SMARTS) is 1. The van der Waals surface area contributed by atoms with Crippen LogP contribution in [-0.2, 0) is 26.5 Å². The van der Waals surface area contributed by atoms with Crippen LogP contribution in [0.1, 0.15) is 46.1 Å². The Balaban J connectivity index is 1.53. The van der Waals surface area contributed by atoms with Crippen molar-refractivity contribution in [3.8, 4) is 0 Å². The number of carboxylic acids is 1. The minimum Gasteiger partial charge on any atom is -0.480 e. The number of carbonyl (C=O) groups is 4. The number of aromatic nitrogens is 2. The molecule has 3 N–H and O–H groups in total. The summed E-state index contributed by atoms with van der Waals surface area (Å²) in [6.07, 6.45) is 3.30. The molecule has 0 aliphatic heterocycles. The van der Waals surface area contributed by atoms with E-state index in [1.165, 1.54) is 12.3 Å². The molecule has 50 heavy (non-hydrogen) atoms. The Morgan fingerprint density at radius 2 is 1.32 bits per heavy atom. The van der Waals surface area contributed by atoms with Crippen LogP contribution in [-0.4, -0.2) is 57.4 Å². The first-order valence-electron chi connectivity index (χ1n) is 16.2. The average molecular weight is 671 g/mol. The topological polar surface area (TPSA) is 140 Å². The number of allylic oxidation sites excluding steroid dienone is 1. The fourth-order valence-corrected chi connectivity index (χ4v) is 5.99. The molecule has 1 heterocycles. The SMILES string of the molecule is C/C=C(\CNCC(=O)O)C(=O)C(CC(=O)c1cncn1C(c1ccccc1)(c1ccccc1)c1ccccc1)NC(=O)OCc1ccccc1. The number of imidazole rings is 1. The van der Waals surface area contributed by atoms with E-state index in [-0.39, 0.29) is 31.0 Å². The van der Waals surface area contributed by atoms with Gasteiger partial charge in [0.2, 0.25) is 0 Å². The number of ketones is 2. The number of rotatable bonds is 16. The molecule has 10 heteroatoms. The molecule has 10 nitrogen and oxygen atoms in total. The summed E-state index contributed by atoms with van der Waals surface area (Å²) >= 11 is 0. The zero-order valence-corrected chi connectivity index (χ0v) is 27.6. The highest BCUT2D eigenvalue weighted by Gasteiger charge is 2.41. The molecule has 0 spiro atoms. The van der Waals surface area contributed by atoms with E-state index in [0.717, 1.165) is 22.3 Å². The van der Waals surface area contributed by atoms with Gasteiger partial charge in [0.25, 0.3) is 0 Å². The van der Waals surface area contributed by atoms with Gasteiger partial charge in [-0.15, -0.1) is 0 Å². The number of alkyl carbamates (subject to hydrolysis) is 1. The second kappa shape index (κ2) is 16.8. The van der Waals surface area contributed by atoms with Crippen molar-refractivity contribution in [2.75, 3.05) is 13.1 Å². The van der Waals surface area contributed by atoms with Gasteiger partial charge in [-0.25, -0.2) is 9.78 Å². The third kappa shape index (κ3) is 8.11. The van der Waals surface area contributed by atoms with E-state index in [0.29, 0.717) is 0 Å². The minimum atomic E-state index is -1.33. The van der Waals surface area contributed by atoms with E-state index in [1.54, 1.807) is 25.4 Å². The quantitative estimate of drug-likeness (QED) is 0.0682. The molecular formula is C40H38N4O6. The van der Waals surface area contributed by atoms with Crippen LogP contribution < -0.4 is 10.6 Å². The molecule has 0 fully saturated rings. The number of aliphatic carboxylic acids is 1. The maximum absolute atomic E-state index is 14.4. The molecular weight excluding hydrogens is 632 g/mol. The summed E-state index contributed by atoms with van der Waals surface area (Å²) in [5, 5.41) is 14.4. The fourth-order valence-electron chi connectivity index (χ4n) is 5.99. The Bertz CT molecular complexity index is 1830. The molecule has 0 aliphatic carbocycles. The van der Waals surface area contributed by atoms with Crippen molar-refractivity contribution in [3.63, 3.8) is 0 Å². The van der Waals surface area contributed by atoms with Crippen LogP contribution in [0.5, 0.6) is 0 Å². The molecule has 0 saturated heterocycles. The van der Waals surface area contributed by atoms with Crippen molar-refractivity contribution >= 4 is 23.6 Å². The Hall–Kier alpha value is -6.13. The van der Waals surface area contributed by atoms with E-state index in [2.05, 4.69) is 15.6 Å². The molecule has 4 aromatic carbocycles. The number of amides is 1. The highest BCUT2D eigenvalue weighted by molar-refractivity contribution is 6.06. The number of nitrogens with zero attached hydrogens (tertiary/aromatic N) is 2. The van der Waals surface area contributed by atoms with Crippen molar-refractivity contribution < 1.29 is 29.0 Å². The lowest BCUT2D eigenvalue weighted by molar-refractivity contribution is -0.136. The summed E-state index contributed by atoms with van der Waals surface area (Å²) in [5.74, 6) is -2.10. The highest BCUT2D eigenvalue weighted by Crippen LogP contribution is 2.41. The van der Waals surface area contributed by atoms with Crippen LogP contribution in [0.15, 0.2) is 146 Å². The van der Waals surface area contributed by atoms with Crippen LogP contribution in [0.4, 0.5) is 4.79 Å². The highest BCUT2D eigenvalue weighted by atomic mass is 16.5. The third-order valence-electron chi connectivity index (χ3n) is 8.33. The molecule has 1 atom stereocenters. The molecule has 0 radical (unpaired) electrons. The van der Waals surface area contributed by atoms with Crippen LogP contribution in [0.25, 0.3) is 0 Å². The van der Waals surface area contributed by atoms with Crippen molar-refractivity contribution in [2.24, 2.45) is 0 Å². The van der Waals surface area contributed by atoms with E-state index in [9.17, 15) is 19.2 Å². The molecule has 1 unspecified atom stereocenters. The number of hydrogen-bond acceptors (Lipinski definition) is 7. The number of nitrogens with one attached hydrogen (secondary N) is 2. The number of Topliss-reactive ketones (excluding diaryl/α,β-unsaturated/α-hetero) is 2. The standard InChI is InChI=1S/C40H38N4O6/c1-2-30(24-41-26-37(46)47)38(48)34(43-39(49)50-27-29-15-7-3-8-16-29)23-36(45)35-25-42-28-44(35)40(31-17-9-4-10-18-31,32-19-11-5-12-20-32)33-21-13-6-14-22-33/h2-22,25,28,34,41H,23-24,26-27H2,1H3,(H,43,49)(H,46,47)/b30-2+. The second-order valence-corrected chi connectivity index (χ2v) is 11.5. The van der Waals surface area contributed by atoms with Gasteiger partial charge >= 0.3 is 12.1 Å². The van der Waals surface area contributed by atoms with Gasteiger partial charge in [-0.1, -0.05) is 127 Å². The predicted octanol–water partition coefficient (Wildman–Crippen LogP) is 5.78. The molecule has 0 aliphatic rings. The monoisotopic (exact) mass is 670 g/mol. The Morgan fingerprint density at radius 3 is 1.82 bits per heavy atom. The molecule has 1 amide bonds. The summed E-state index contributed by atoms with van der Waals surface area (Å²) in [5.41, 5.74) is 2.75. The van der Waals surface area contributed by atoms with Crippen LogP contribution in [0.2, 0.25) is 0 Å². The summed E-state index contributed by atoms with van der Waals surface area (Å²) < 4.78 is 7.23. The molecule has 5 aromatic rings. The summed E-state index contributed by atoms with van der Waals surface area (Å²) in [6.45, 7) is 1.13. The third-order valence-corrected chi connectivity index (χ3v) is 8.33. The maximum Gasteiger partial charge on any atom is 0.408 e. The first kappa shape index (κ1) is 35.2. The predicted molar refractivity (Wildman–Crippen MR) is 189 cm³/mol. The Kier molecular flexibility index (Phi) is 11.8. The van der Waals surface area contributed by atoms with Crippen LogP contribution in [0, 0.1) is 0 Å². The van der Waals surface area contributed by atoms with Gasteiger partial charge in [-0.3, -0.25) is 14.4 Å². The van der Waals surface area contributed by atoms with E-state index >= 15 is 0 Å². The lowest BCUT2D eigenvalue weighted by atomic mass is 9.76. The van der Waals surface area contributed by atoms with Gasteiger partial charge < -0.3 is 25.0 Å². The molecule has 1 aromatic heterocycles. The van der Waals surface area contributed by atoms with Crippen molar-refractivity contribution in [1.29, 1.82) is 0 Å². The zero-order chi connectivity index (χ0) is 35.3. The second-order valence-electron chi connectivity index (χ2n) is 11.5. The number of ether oxygens (including phenoxy) is 1. The Labute approximate surface area is 290 Å². The van der Waals surface area contributed by atoms with E-state index < -0.39 is 41.6 Å². The minimum absolute atomic E-state index is 0.0430. The number of carbonyl (C=O) groups excluding carboxylic acids is 3. The van der Waals surface area contributed by atoms with Gasteiger partial charge in [-0.2, -0.15) is 0 Å². The van der Waals surface area contributed by atoms with Gasteiger partial charge in [-0.05, 0) is 29.2 Å². The van der Waals surface area contributed by atoms with Crippen LogP contribution in [0.3, 0.4) is 0 Å². The summed E-state index contributed by atoms with van der Waals surface area (Å²) in [6, 6.07) is 37.1. The first-order chi connectivity index (χ1) is 24.3. The number of hydrogen-bond donors (Lipinski definition) is 3. The maximum atomic E-state index is 14.4. The molecule has 0 saturated carbocycles. The molecule has 0 bridgehead atoms. The van der Waals surface area contributed by atoms with Gasteiger partial charge in [0.05, 0.1) is 19.1 Å². The van der Waals surface area contributed by atoms with Crippen molar-refractivity contribution in [3.05, 3.63) is 173 Å². The van der Waals surface area contributed by atoms with Crippen molar-refractivity contribution in [2.45, 2.75) is 31.5 Å². The smallest absolute Gasteiger partial charge is 0.408 e. The van der Waals surface area contributed by atoms with E-state index in [4.69, 9.17) is 9.84 Å². The van der Waals surface area contributed by atoms with Gasteiger partial charge in [0.15, 0.2) is 11.6 Å². The van der Waals surface area contributed by atoms with Gasteiger partial charge in [0.1, 0.15) is 23.9 Å². The molecule has 5 rings (SSSR count). The fraction of sp³-hybridized carbons (Fsp3) is 0.175. The Morgan fingerprint density at radius 1 is 0.800 bits per heavy atom. The average Bonchev–Trinajstić information content (AvgIpc) is 3.64. The first-order valence-corrected chi connectivity index (χ1v) is 16.2. The summed E-state index contributed by atoms with van der Waals surface area (Å²) in [7, 11) is 0. The van der Waals surface area contributed by atoms with Gasteiger partial charge in [0, 0.05) is 18.5 Å². The van der Waals surface area contributed by atoms with Crippen molar-refractivity contribution in [1.82, 2.24) is 20.2 Å². The number of benzene rings is 4. The lowest BCUT2D eigenvalue weighted by Gasteiger charge is -2.38. The normalized spacial score (nSPS) is 12.1. The van der Waals surface area contributed by atoms with Crippen LogP contribution >= 0.6 is 0 Å². The largest absolute Gasteiger partial charge is 0.480 e. The van der Waals surface area contributed by atoms with E-state index in [1.807, 2.05) is 114 Å². The summed E-state index contributed by atoms with van der Waals surface area (Å²) in [4.78, 5) is 57.0.